The molecule has 0 bridgehead atoms. The van der Waals surface area contributed by atoms with E-state index in [0.717, 1.165) is 35.4 Å². The van der Waals surface area contributed by atoms with E-state index >= 15 is 0 Å². The van der Waals surface area contributed by atoms with Gasteiger partial charge < -0.3 is 24.6 Å². The van der Waals surface area contributed by atoms with Crippen molar-refractivity contribution in [2.45, 2.75) is 32.3 Å². The molecule has 6 nitrogen and oxygen atoms in total. The molecule has 0 aliphatic rings. The number of hydrogen-bond donors (Lipinski definition) is 3. The minimum Gasteiger partial charge on any atom is -0.508 e. The Labute approximate surface area is 157 Å². The molecule has 0 amide bonds. The van der Waals surface area contributed by atoms with Gasteiger partial charge in [0.15, 0.2) is 11.5 Å². The second-order valence-corrected chi connectivity index (χ2v) is 6.41. The number of ether oxygens (including phenoxy) is 1. The summed E-state index contributed by atoms with van der Waals surface area (Å²) < 4.78 is 10.5. The molecule has 6 heteroatoms. The van der Waals surface area contributed by atoms with Crippen LogP contribution in [0, 0.1) is 0 Å². The predicted octanol–water partition coefficient (Wildman–Crippen LogP) is 3.16. The summed E-state index contributed by atoms with van der Waals surface area (Å²) in [5.41, 5.74) is 3.46. The summed E-state index contributed by atoms with van der Waals surface area (Å²) in [6, 6.07) is 12.5. The molecule has 142 valence electrons. The van der Waals surface area contributed by atoms with Crippen molar-refractivity contribution in [3.8, 4) is 17.2 Å². The maximum Gasteiger partial charge on any atom is 0.160 e. The summed E-state index contributed by atoms with van der Waals surface area (Å²) in [5.74, 6) is 1.50. The van der Waals surface area contributed by atoms with Crippen LogP contribution in [0.25, 0.3) is 0 Å². The predicted molar refractivity (Wildman–Crippen MR) is 100 cm³/mol. The Bertz CT molecular complexity index is 831. The number of benzene rings is 2. The summed E-state index contributed by atoms with van der Waals surface area (Å²) >= 11 is 0. The Morgan fingerprint density at radius 1 is 0.889 bits per heavy atom. The molecular weight excluding hydrogens is 346 g/mol. The highest BCUT2D eigenvalue weighted by molar-refractivity contribution is 5.42. The maximum atomic E-state index is 9.64. The molecule has 2 aromatic carbocycles. The number of phenolic OH excluding ortho intramolecular Hbond substituents is 1. The highest BCUT2D eigenvalue weighted by Gasteiger charge is 2.08. The van der Waals surface area contributed by atoms with Crippen LogP contribution in [0.4, 0.5) is 0 Å². The number of aliphatic hydroxyl groups excluding tert-OH is 1. The largest absolute Gasteiger partial charge is 0.508 e. The van der Waals surface area contributed by atoms with Crippen molar-refractivity contribution >= 4 is 0 Å². The highest BCUT2D eigenvalue weighted by Crippen LogP contribution is 2.27. The number of rotatable bonds is 8. The average molecular weight is 369 g/mol. The van der Waals surface area contributed by atoms with Gasteiger partial charge in [-0.2, -0.15) is 0 Å². The smallest absolute Gasteiger partial charge is 0.160 e. The fourth-order valence-corrected chi connectivity index (χ4v) is 2.93. The minimum atomic E-state index is -0.185. The van der Waals surface area contributed by atoms with Gasteiger partial charge in [-0.1, -0.05) is 17.3 Å². The van der Waals surface area contributed by atoms with Gasteiger partial charge in [-0.05, 0) is 54.7 Å². The molecule has 0 radical (unpaired) electrons. The lowest BCUT2D eigenvalue weighted by Gasteiger charge is -2.05. The van der Waals surface area contributed by atoms with Crippen molar-refractivity contribution < 1.29 is 24.6 Å². The molecule has 0 saturated carbocycles. The molecule has 3 aromatic rings. The van der Waals surface area contributed by atoms with Crippen molar-refractivity contribution in [1.82, 2.24) is 5.16 Å². The summed E-state index contributed by atoms with van der Waals surface area (Å²) in [7, 11) is 1.53. The number of aromatic nitrogens is 1. The molecule has 3 rings (SSSR count). The normalized spacial score (nSPS) is 10.9. The lowest BCUT2D eigenvalue weighted by atomic mass is 10.0. The van der Waals surface area contributed by atoms with Gasteiger partial charge in [0.1, 0.15) is 11.5 Å². The van der Waals surface area contributed by atoms with E-state index in [2.05, 4.69) is 5.16 Å². The highest BCUT2D eigenvalue weighted by atomic mass is 16.5. The van der Waals surface area contributed by atoms with Crippen LogP contribution in [-0.2, 0) is 32.3 Å². The van der Waals surface area contributed by atoms with Crippen molar-refractivity contribution in [1.29, 1.82) is 0 Å². The van der Waals surface area contributed by atoms with Gasteiger partial charge in [-0.15, -0.1) is 0 Å². The third kappa shape index (κ3) is 4.80. The van der Waals surface area contributed by atoms with Crippen molar-refractivity contribution in [2.75, 3.05) is 7.11 Å². The molecule has 0 aliphatic heterocycles. The Balaban J connectivity index is 1.55. The average Bonchev–Trinajstić information content (AvgIpc) is 3.14. The van der Waals surface area contributed by atoms with Gasteiger partial charge in [0.2, 0.25) is 0 Å². The van der Waals surface area contributed by atoms with Gasteiger partial charge >= 0.3 is 0 Å². The second kappa shape index (κ2) is 8.60. The molecule has 27 heavy (non-hydrogen) atoms. The Morgan fingerprint density at radius 2 is 1.59 bits per heavy atom. The first-order valence-corrected chi connectivity index (χ1v) is 8.81. The molecule has 0 unspecified atom stereocenters. The van der Waals surface area contributed by atoms with E-state index in [4.69, 9.17) is 9.26 Å². The summed E-state index contributed by atoms with van der Waals surface area (Å²) in [5, 5.41) is 32.6. The fraction of sp³-hybridized carbons (Fsp3) is 0.286. The van der Waals surface area contributed by atoms with Crippen LogP contribution in [0.1, 0.15) is 28.1 Å². The quantitative estimate of drug-likeness (QED) is 0.564. The van der Waals surface area contributed by atoms with Crippen LogP contribution in [-0.4, -0.2) is 27.6 Å². The summed E-state index contributed by atoms with van der Waals surface area (Å²) in [6.07, 6.45) is 2.92. The molecule has 0 atom stereocenters. The van der Waals surface area contributed by atoms with E-state index in [1.807, 2.05) is 24.3 Å². The van der Waals surface area contributed by atoms with E-state index in [0.29, 0.717) is 24.2 Å². The zero-order valence-electron chi connectivity index (χ0n) is 15.2. The van der Waals surface area contributed by atoms with E-state index in [-0.39, 0.29) is 18.1 Å². The Kier molecular flexibility index (Phi) is 5.98. The van der Waals surface area contributed by atoms with Gasteiger partial charge in [-0.25, -0.2) is 0 Å². The molecule has 1 aromatic heterocycles. The zero-order chi connectivity index (χ0) is 19.2. The third-order valence-corrected chi connectivity index (χ3v) is 4.50. The maximum absolute atomic E-state index is 9.64. The van der Waals surface area contributed by atoms with Crippen LogP contribution >= 0.6 is 0 Å². The van der Waals surface area contributed by atoms with E-state index in [9.17, 15) is 15.3 Å². The third-order valence-electron chi connectivity index (χ3n) is 4.50. The first-order valence-electron chi connectivity index (χ1n) is 8.81. The lowest BCUT2D eigenvalue weighted by molar-refractivity contribution is 0.275. The zero-order valence-corrected chi connectivity index (χ0v) is 15.2. The monoisotopic (exact) mass is 369 g/mol. The second-order valence-electron chi connectivity index (χ2n) is 6.41. The Morgan fingerprint density at radius 3 is 2.33 bits per heavy atom. The molecule has 0 saturated heterocycles. The fourth-order valence-electron chi connectivity index (χ4n) is 2.93. The molecule has 0 fully saturated rings. The number of aliphatic hydroxyl groups is 1. The number of methoxy groups -OCH3 is 1. The Hall–Kier alpha value is -2.99. The molecule has 0 spiro atoms. The summed E-state index contributed by atoms with van der Waals surface area (Å²) in [6.45, 7) is -0.185. The van der Waals surface area contributed by atoms with Crippen LogP contribution in [0.3, 0.4) is 0 Å². The number of aromatic hydroxyl groups is 2. The van der Waals surface area contributed by atoms with Gasteiger partial charge in [-0.3, -0.25) is 0 Å². The van der Waals surface area contributed by atoms with E-state index < -0.39 is 0 Å². The number of nitrogens with zero attached hydrogens (tertiary/aromatic N) is 1. The first kappa shape index (κ1) is 18.8. The SMILES string of the molecule is COc1cc(CCc2cc(CCc3ccc(O)c(CO)c3)no2)ccc1O. The molecule has 0 aliphatic carbocycles. The minimum absolute atomic E-state index is 0.107. The summed E-state index contributed by atoms with van der Waals surface area (Å²) in [4.78, 5) is 0. The molecular formula is C21H23NO5. The van der Waals surface area contributed by atoms with Gasteiger partial charge in [0, 0.05) is 18.1 Å². The number of aryl methyl sites for hydroxylation is 4. The van der Waals surface area contributed by atoms with Crippen LogP contribution in [0.5, 0.6) is 17.2 Å². The van der Waals surface area contributed by atoms with E-state index in [1.54, 1.807) is 18.2 Å². The van der Waals surface area contributed by atoms with Crippen LogP contribution < -0.4 is 4.74 Å². The van der Waals surface area contributed by atoms with Gasteiger partial charge in [0.05, 0.1) is 19.4 Å². The van der Waals surface area contributed by atoms with E-state index in [1.165, 1.54) is 7.11 Å². The number of phenols is 2. The molecule has 1 heterocycles. The van der Waals surface area contributed by atoms with Crippen molar-refractivity contribution in [2.24, 2.45) is 0 Å². The number of hydrogen-bond acceptors (Lipinski definition) is 6. The van der Waals surface area contributed by atoms with Crippen LogP contribution in [0.15, 0.2) is 47.0 Å². The lowest BCUT2D eigenvalue weighted by Crippen LogP contribution is -1.94. The standard InChI is InChI=1S/C21H23NO5/c1-26-21-11-15(5-9-20(21)25)3-7-18-12-17(22-27-18)6-2-14-4-8-19(24)16(10-14)13-23/h4-5,8-12,23-25H,2-3,6-7,13H2,1H3. The topological polar surface area (TPSA) is 96.0 Å². The van der Waals surface area contributed by atoms with Crippen molar-refractivity contribution in [3.05, 3.63) is 70.6 Å². The van der Waals surface area contributed by atoms with Crippen LogP contribution in [0.2, 0.25) is 0 Å². The first-order chi connectivity index (χ1) is 13.1. The van der Waals surface area contributed by atoms with Crippen molar-refractivity contribution in [3.63, 3.8) is 0 Å². The van der Waals surface area contributed by atoms with Gasteiger partial charge in [0.25, 0.3) is 0 Å². The molecule has 3 N–H and O–H groups in total.